The van der Waals surface area contributed by atoms with Crippen molar-refractivity contribution in [1.82, 2.24) is 10.3 Å². The quantitative estimate of drug-likeness (QED) is 0.242. The van der Waals surface area contributed by atoms with Gasteiger partial charge >= 0.3 is 0 Å². The first kappa shape index (κ1) is 24.5. The van der Waals surface area contributed by atoms with E-state index in [9.17, 15) is 9.59 Å². The number of thiazole rings is 1. The zero-order valence-corrected chi connectivity index (χ0v) is 22.7. The molecule has 1 atom stereocenters. The molecule has 0 radical (unpaired) electrons. The third-order valence-electron chi connectivity index (χ3n) is 8.30. The van der Waals surface area contributed by atoms with Gasteiger partial charge in [-0.15, -0.1) is 11.3 Å². The zero-order chi connectivity index (χ0) is 27.3. The van der Waals surface area contributed by atoms with E-state index in [2.05, 4.69) is 66.1 Å². The second-order valence-corrected chi connectivity index (χ2v) is 11.6. The summed E-state index contributed by atoms with van der Waals surface area (Å²) in [7, 11) is 0. The predicted molar refractivity (Wildman–Crippen MR) is 155 cm³/mol. The molecular weight excluding hydrogens is 518 g/mol. The van der Waals surface area contributed by atoms with Crippen molar-refractivity contribution in [3.63, 3.8) is 0 Å². The summed E-state index contributed by atoms with van der Waals surface area (Å²) in [5.41, 5.74) is 6.62. The van der Waals surface area contributed by atoms with Crippen molar-refractivity contribution in [3.05, 3.63) is 130 Å². The lowest BCUT2D eigenvalue weighted by atomic mass is 9.52. The third kappa shape index (κ3) is 4.05. The van der Waals surface area contributed by atoms with Crippen LogP contribution in [0.5, 0.6) is 0 Å². The van der Waals surface area contributed by atoms with Crippen LogP contribution in [0.2, 0.25) is 0 Å². The van der Waals surface area contributed by atoms with E-state index in [-0.39, 0.29) is 23.7 Å². The molecule has 6 nitrogen and oxygen atoms in total. The number of hydrogen-bond acceptors (Lipinski definition) is 5. The number of fused-ring (bicyclic) bond motifs is 1. The van der Waals surface area contributed by atoms with E-state index in [0.29, 0.717) is 28.7 Å². The van der Waals surface area contributed by atoms with Crippen LogP contribution in [-0.4, -0.2) is 16.8 Å². The molecule has 7 heteroatoms. The lowest BCUT2D eigenvalue weighted by Gasteiger charge is -2.50. The van der Waals surface area contributed by atoms with Gasteiger partial charge in [-0.1, -0.05) is 60.7 Å². The van der Waals surface area contributed by atoms with E-state index in [1.807, 2.05) is 29.6 Å². The molecule has 3 aliphatic rings. The molecular formula is C33H27N3O3S. The van der Waals surface area contributed by atoms with Gasteiger partial charge in [-0.25, -0.2) is 4.98 Å². The summed E-state index contributed by atoms with van der Waals surface area (Å²) in [6.45, 7) is 2.41. The highest BCUT2D eigenvalue weighted by Crippen LogP contribution is 2.61. The minimum atomic E-state index is -0.606. The SMILES string of the molecule is CC1(C(=O)Nc2nc(-c3cccc(C(=O)NCc4ccco4)c3)cs2)CC2c3ccccc3C1c1ccccc12. The second-order valence-electron chi connectivity index (χ2n) is 10.7. The summed E-state index contributed by atoms with van der Waals surface area (Å²) in [6, 6.07) is 28.0. The number of hydrogen-bond donors (Lipinski definition) is 2. The number of amides is 2. The number of benzene rings is 3. The first-order valence-corrected chi connectivity index (χ1v) is 14.2. The first-order valence-electron chi connectivity index (χ1n) is 13.4. The standard InChI is InChI=1S/C33H27N3O3S/c1-33(17-27-23-11-2-4-13-25(23)29(33)26-14-5-3-12-24(26)27)31(38)36-32-35-28(19-40-32)20-8-6-9-21(16-20)30(37)34-18-22-10-7-15-39-22/h2-16,19,27,29H,17-18H2,1H3,(H,34,37)(H,35,36,38). The van der Waals surface area contributed by atoms with Gasteiger partial charge in [0.1, 0.15) is 5.76 Å². The van der Waals surface area contributed by atoms with Crippen molar-refractivity contribution in [2.24, 2.45) is 5.41 Å². The highest BCUT2D eigenvalue weighted by molar-refractivity contribution is 7.14. The Morgan fingerprint density at radius 3 is 2.38 bits per heavy atom. The van der Waals surface area contributed by atoms with E-state index in [0.717, 1.165) is 12.0 Å². The largest absolute Gasteiger partial charge is 0.467 e. The number of rotatable bonds is 6. The molecule has 0 saturated carbocycles. The number of nitrogens with one attached hydrogen (secondary N) is 2. The van der Waals surface area contributed by atoms with Gasteiger partial charge in [-0.2, -0.15) is 0 Å². The smallest absolute Gasteiger partial charge is 0.251 e. The fraction of sp³-hybridized carbons (Fsp3) is 0.182. The monoisotopic (exact) mass is 545 g/mol. The Morgan fingerprint density at radius 1 is 0.950 bits per heavy atom. The van der Waals surface area contributed by atoms with Crippen molar-refractivity contribution in [3.8, 4) is 11.3 Å². The molecule has 2 heterocycles. The highest BCUT2D eigenvalue weighted by Gasteiger charge is 2.53. The van der Waals surface area contributed by atoms with Gasteiger partial charge in [0, 0.05) is 28.3 Å². The highest BCUT2D eigenvalue weighted by atomic mass is 32.1. The van der Waals surface area contributed by atoms with Gasteiger partial charge in [0.25, 0.3) is 5.91 Å². The van der Waals surface area contributed by atoms with Crippen LogP contribution in [0.15, 0.2) is 101 Å². The van der Waals surface area contributed by atoms with Crippen LogP contribution in [0.1, 0.15) is 63.6 Å². The molecule has 2 bridgehead atoms. The molecule has 1 unspecified atom stereocenters. The van der Waals surface area contributed by atoms with Crippen LogP contribution in [0.25, 0.3) is 11.3 Å². The minimum Gasteiger partial charge on any atom is -0.467 e. The Hall–Kier alpha value is -4.49. The lowest BCUT2D eigenvalue weighted by molar-refractivity contribution is -0.126. The van der Waals surface area contributed by atoms with Gasteiger partial charge in [-0.05, 0) is 59.9 Å². The normalized spacial score (nSPS) is 20.4. The van der Waals surface area contributed by atoms with Gasteiger partial charge in [0.15, 0.2) is 5.13 Å². The van der Waals surface area contributed by atoms with E-state index in [1.54, 1.807) is 18.4 Å². The average molecular weight is 546 g/mol. The number of nitrogens with zero attached hydrogens (tertiary/aromatic N) is 1. The van der Waals surface area contributed by atoms with Crippen LogP contribution >= 0.6 is 11.3 Å². The lowest BCUT2D eigenvalue weighted by Crippen LogP contribution is -2.47. The molecule has 0 fully saturated rings. The zero-order valence-electron chi connectivity index (χ0n) is 21.9. The molecule has 3 aromatic carbocycles. The number of carbonyl (C=O) groups excluding carboxylic acids is 2. The fourth-order valence-electron chi connectivity index (χ4n) is 6.40. The van der Waals surface area contributed by atoms with Gasteiger partial charge in [0.2, 0.25) is 5.91 Å². The fourth-order valence-corrected chi connectivity index (χ4v) is 7.11. The molecule has 0 aliphatic heterocycles. The number of anilines is 1. The Kier molecular flexibility index (Phi) is 5.90. The summed E-state index contributed by atoms with van der Waals surface area (Å²) >= 11 is 1.39. The molecule has 40 heavy (non-hydrogen) atoms. The van der Waals surface area contributed by atoms with E-state index in [4.69, 9.17) is 9.40 Å². The first-order chi connectivity index (χ1) is 19.5. The summed E-state index contributed by atoms with van der Waals surface area (Å²) in [4.78, 5) is 31.4. The average Bonchev–Trinajstić information content (AvgIpc) is 3.69. The molecule has 0 saturated heterocycles. The summed E-state index contributed by atoms with van der Waals surface area (Å²) in [5, 5.41) is 8.48. The van der Waals surface area contributed by atoms with Gasteiger partial charge in [-0.3, -0.25) is 9.59 Å². The van der Waals surface area contributed by atoms with Crippen molar-refractivity contribution < 1.29 is 14.0 Å². The summed E-state index contributed by atoms with van der Waals surface area (Å²) < 4.78 is 5.29. The molecule has 2 N–H and O–H groups in total. The second kappa shape index (κ2) is 9.61. The van der Waals surface area contributed by atoms with Crippen molar-refractivity contribution >= 4 is 28.3 Å². The number of furan rings is 1. The molecule has 2 aromatic heterocycles. The maximum atomic E-state index is 14.0. The maximum Gasteiger partial charge on any atom is 0.251 e. The van der Waals surface area contributed by atoms with Gasteiger partial charge < -0.3 is 15.1 Å². The Bertz CT molecular complexity index is 1690. The van der Waals surface area contributed by atoms with Crippen molar-refractivity contribution in [1.29, 1.82) is 0 Å². The molecule has 8 rings (SSSR count). The van der Waals surface area contributed by atoms with Crippen LogP contribution < -0.4 is 10.6 Å². The Balaban J connectivity index is 1.11. The van der Waals surface area contributed by atoms with Crippen LogP contribution in [-0.2, 0) is 11.3 Å². The summed E-state index contributed by atoms with van der Waals surface area (Å²) in [6.07, 6.45) is 2.34. The molecule has 0 spiro atoms. The van der Waals surface area contributed by atoms with Crippen molar-refractivity contribution in [2.45, 2.75) is 31.7 Å². The van der Waals surface area contributed by atoms with Crippen LogP contribution in [0.4, 0.5) is 5.13 Å². The van der Waals surface area contributed by atoms with E-state index < -0.39 is 5.41 Å². The minimum absolute atomic E-state index is 0.0132. The molecule has 2 amide bonds. The number of carbonyl (C=O) groups is 2. The molecule has 5 aromatic rings. The Morgan fingerprint density at radius 2 is 1.68 bits per heavy atom. The Labute approximate surface area is 236 Å². The number of aromatic nitrogens is 1. The topological polar surface area (TPSA) is 84.2 Å². The molecule has 3 aliphatic carbocycles. The van der Waals surface area contributed by atoms with Crippen LogP contribution in [0, 0.1) is 5.41 Å². The van der Waals surface area contributed by atoms with E-state index in [1.165, 1.54) is 33.6 Å². The molecule has 198 valence electrons. The predicted octanol–water partition coefficient (Wildman–Crippen LogP) is 6.96. The maximum absolute atomic E-state index is 14.0. The van der Waals surface area contributed by atoms with Crippen LogP contribution in [0.3, 0.4) is 0 Å². The third-order valence-corrected chi connectivity index (χ3v) is 9.06. The van der Waals surface area contributed by atoms with Crippen molar-refractivity contribution in [2.75, 3.05) is 5.32 Å². The summed E-state index contributed by atoms with van der Waals surface area (Å²) in [5.74, 6) is 0.667. The van der Waals surface area contributed by atoms with Gasteiger partial charge in [0.05, 0.1) is 23.9 Å². The van der Waals surface area contributed by atoms with E-state index >= 15 is 0 Å².